The molecule has 0 aliphatic heterocycles. The molecule has 1 atom stereocenters. The van der Waals surface area contributed by atoms with E-state index in [2.05, 4.69) is 31.2 Å². The van der Waals surface area contributed by atoms with Gasteiger partial charge in [0.2, 0.25) is 0 Å². The molecule has 1 aromatic heterocycles. The summed E-state index contributed by atoms with van der Waals surface area (Å²) >= 11 is 0. The highest BCUT2D eigenvalue weighted by Crippen LogP contribution is 2.30. The second kappa shape index (κ2) is 7.40. The molecule has 0 aliphatic carbocycles. The highest BCUT2D eigenvalue weighted by molar-refractivity contribution is 5.96. The number of hydrogen-bond acceptors (Lipinski definition) is 4. The molecule has 1 N–H and O–H groups in total. The lowest BCUT2D eigenvalue weighted by molar-refractivity contribution is 0.0938. The minimum atomic E-state index is -0.246. The summed E-state index contributed by atoms with van der Waals surface area (Å²) in [6.45, 7) is 11.9. The number of carbonyl (C=O) groups is 1. The van der Waals surface area contributed by atoms with Crippen molar-refractivity contribution >= 4 is 5.91 Å². The van der Waals surface area contributed by atoms with Crippen LogP contribution in [0.5, 0.6) is 11.5 Å². The van der Waals surface area contributed by atoms with Crippen molar-refractivity contribution in [2.75, 3.05) is 14.2 Å². The molecule has 142 valence electrons. The van der Waals surface area contributed by atoms with Crippen molar-refractivity contribution < 1.29 is 14.3 Å². The maximum absolute atomic E-state index is 12.9. The summed E-state index contributed by atoms with van der Waals surface area (Å²) in [5.41, 5.74) is 2.87. The van der Waals surface area contributed by atoms with Gasteiger partial charge in [-0.05, 0) is 59.7 Å². The summed E-state index contributed by atoms with van der Waals surface area (Å²) in [6.07, 6.45) is 0. The van der Waals surface area contributed by atoms with Crippen molar-refractivity contribution in [2.45, 2.75) is 53.1 Å². The van der Waals surface area contributed by atoms with Crippen molar-refractivity contribution in [1.82, 2.24) is 15.1 Å². The molecule has 1 amide bonds. The topological polar surface area (TPSA) is 65.4 Å². The van der Waals surface area contributed by atoms with Gasteiger partial charge in [0.25, 0.3) is 5.91 Å². The second-order valence-electron chi connectivity index (χ2n) is 7.43. The summed E-state index contributed by atoms with van der Waals surface area (Å²) in [7, 11) is 3.23. The Morgan fingerprint density at radius 3 is 2.35 bits per heavy atom. The van der Waals surface area contributed by atoms with E-state index in [1.165, 1.54) is 0 Å². The number of methoxy groups -OCH3 is 2. The molecule has 0 radical (unpaired) electrons. The Morgan fingerprint density at radius 1 is 1.19 bits per heavy atom. The maximum Gasteiger partial charge on any atom is 0.255 e. The fourth-order valence-corrected chi connectivity index (χ4v) is 3.15. The van der Waals surface area contributed by atoms with Crippen LogP contribution >= 0.6 is 0 Å². The minimum absolute atomic E-state index is 0.145. The smallest absolute Gasteiger partial charge is 0.255 e. The molecule has 0 bridgehead atoms. The number of nitrogens with zero attached hydrogens (tertiary/aromatic N) is 2. The van der Waals surface area contributed by atoms with E-state index in [1.807, 2.05) is 43.7 Å². The van der Waals surface area contributed by atoms with Crippen LogP contribution in [0.1, 0.15) is 61.0 Å². The Balaban J connectivity index is 2.32. The van der Waals surface area contributed by atoms with E-state index in [0.29, 0.717) is 11.3 Å². The zero-order valence-corrected chi connectivity index (χ0v) is 16.9. The highest BCUT2D eigenvalue weighted by atomic mass is 16.5. The first-order valence-corrected chi connectivity index (χ1v) is 8.69. The Hall–Kier alpha value is -2.50. The molecular formula is C20H29N3O3. The number of rotatable bonds is 5. The molecule has 1 heterocycles. The van der Waals surface area contributed by atoms with E-state index in [0.717, 1.165) is 22.7 Å². The Kier molecular flexibility index (Phi) is 5.64. The van der Waals surface area contributed by atoms with Crippen molar-refractivity contribution in [3.63, 3.8) is 0 Å². The SMILES string of the molecule is COc1ccc(OC)c([C@H](C)NC(=O)c2c(C)nn(C(C)(C)C)c2C)c1. The first-order chi connectivity index (χ1) is 12.1. The van der Waals surface area contributed by atoms with E-state index in [-0.39, 0.29) is 17.5 Å². The molecule has 0 spiro atoms. The van der Waals surface area contributed by atoms with Gasteiger partial charge in [-0.3, -0.25) is 9.48 Å². The number of hydrogen-bond donors (Lipinski definition) is 1. The van der Waals surface area contributed by atoms with E-state index in [1.54, 1.807) is 14.2 Å². The van der Waals surface area contributed by atoms with Crippen LogP contribution in [0.2, 0.25) is 0 Å². The van der Waals surface area contributed by atoms with E-state index >= 15 is 0 Å². The third kappa shape index (κ3) is 3.84. The van der Waals surface area contributed by atoms with Crippen LogP contribution in [0.15, 0.2) is 18.2 Å². The molecule has 2 rings (SSSR count). The lowest BCUT2D eigenvalue weighted by Crippen LogP contribution is -2.29. The number of aromatic nitrogens is 2. The number of nitrogens with one attached hydrogen (secondary N) is 1. The van der Waals surface area contributed by atoms with Crippen LogP contribution < -0.4 is 14.8 Å². The number of amides is 1. The van der Waals surface area contributed by atoms with Crippen molar-refractivity contribution in [3.05, 3.63) is 40.7 Å². The first-order valence-electron chi connectivity index (χ1n) is 8.69. The van der Waals surface area contributed by atoms with Crippen molar-refractivity contribution in [1.29, 1.82) is 0 Å². The molecule has 0 saturated carbocycles. The summed E-state index contributed by atoms with van der Waals surface area (Å²) < 4.78 is 12.6. The summed E-state index contributed by atoms with van der Waals surface area (Å²) in [5.74, 6) is 1.28. The van der Waals surface area contributed by atoms with Gasteiger partial charge in [-0.2, -0.15) is 5.10 Å². The van der Waals surface area contributed by atoms with Gasteiger partial charge in [0.05, 0.1) is 37.1 Å². The zero-order chi connectivity index (χ0) is 19.6. The van der Waals surface area contributed by atoms with E-state index in [9.17, 15) is 4.79 Å². The lowest BCUT2D eigenvalue weighted by atomic mass is 10.0. The number of benzene rings is 1. The minimum Gasteiger partial charge on any atom is -0.497 e. The quantitative estimate of drug-likeness (QED) is 0.883. The molecule has 0 fully saturated rings. The number of ether oxygens (including phenoxy) is 2. The summed E-state index contributed by atoms with van der Waals surface area (Å²) in [5, 5.41) is 7.61. The lowest BCUT2D eigenvalue weighted by Gasteiger charge is -2.22. The Bertz CT molecular complexity index is 803. The number of carbonyl (C=O) groups excluding carboxylic acids is 1. The largest absolute Gasteiger partial charge is 0.497 e. The maximum atomic E-state index is 12.9. The molecule has 6 heteroatoms. The van der Waals surface area contributed by atoms with Gasteiger partial charge in [0, 0.05) is 11.3 Å². The second-order valence-corrected chi connectivity index (χ2v) is 7.43. The van der Waals surface area contributed by atoms with Crippen molar-refractivity contribution in [2.24, 2.45) is 0 Å². The normalized spacial score (nSPS) is 12.6. The highest BCUT2D eigenvalue weighted by Gasteiger charge is 2.26. The van der Waals surface area contributed by atoms with Gasteiger partial charge >= 0.3 is 0 Å². The van der Waals surface area contributed by atoms with E-state index < -0.39 is 0 Å². The predicted molar refractivity (Wildman–Crippen MR) is 102 cm³/mol. The van der Waals surface area contributed by atoms with Crippen LogP contribution in [0, 0.1) is 13.8 Å². The first kappa shape index (κ1) is 19.8. The van der Waals surface area contributed by atoms with Crippen molar-refractivity contribution in [3.8, 4) is 11.5 Å². The van der Waals surface area contributed by atoms with Gasteiger partial charge in [-0.1, -0.05) is 0 Å². The molecule has 6 nitrogen and oxygen atoms in total. The molecule has 0 unspecified atom stereocenters. The average molecular weight is 359 g/mol. The molecule has 0 saturated heterocycles. The van der Waals surface area contributed by atoms with Crippen LogP contribution in [0.3, 0.4) is 0 Å². The fraction of sp³-hybridized carbons (Fsp3) is 0.500. The van der Waals surface area contributed by atoms with Crippen LogP contribution in [-0.2, 0) is 5.54 Å². The standard InChI is InChI=1S/C20H29N3O3/c1-12(16-11-15(25-7)9-10-17(16)26-8)21-19(24)18-13(2)22-23(14(18)3)20(4,5)6/h9-12H,1-8H3,(H,21,24)/t12-/m0/s1. The van der Waals surface area contributed by atoms with Gasteiger partial charge in [-0.25, -0.2) is 0 Å². The molecule has 0 aliphatic rings. The third-order valence-electron chi connectivity index (χ3n) is 4.40. The van der Waals surface area contributed by atoms with Gasteiger partial charge in [0.1, 0.15) is 11.5 Å². The summed E-state index contributed by atoms with van der Waals surface area (Å²) in [4.78, 5) is 12.9. The third-order valence-corrected chi connectivity index (χ3v) is 4.40. The summed E-state index contributed by atoms with van der Waals surface area (Å²) in [6, 6.07) is 5.30. The van der Waals surface area contributed by atoms with Crippen LogP contribution in [0.25, 0.3) is 0 Å². The van der Waals surface area contributed by atoms with Gasteiger partial charge in [-0.15, -0.1) is 0 Å². The molecule has 26 heavy (non-hydrogen) atoms. The predicted octanol–water partition coefficient (Wildman–Crippen LogP) is 3.76. The van der Waals surface area contributed by atoms with Crippen LogP contribution in [0.4, 0.5) is 0 Å². The fourth-order valence-electron chi connectivity index (χ4n) is 3.15. The molecule has 1 aromatic carbocycles. The Labute approximate surface area is 155 Å². The number of aryl methyl sites for hydroxylation is 1. The van der Waals surface area contributed by atoms with E-state index in [4.69, 9.17) is 9.47 Å². The molecular weight excluding hydrogens is 330 g/mol. The average Bonchev–Trinajstić information content (AvgIpc) is 2.88. The zero-order valence-electron chi connectivity index (χ0n) is 16.9. The Morgan fingerprint density at radius 2 is 1.85 bits per heavy atom. The monoisotopic (exact) mass is 359 g/mol. The van der Waals surface area contributed by atoms with Crippen LogP contribution in [-0.4, -0.2) is 29.9 Å². The molecule has 2 aromatic rings. The van der Waals surface area contributed by atoms with Gasteiger partial charge < -0.3 is 14.8 Å². The van der Waals surface area contributed by atoms with Gasteiger partial charge in [0.15, 0.2) is 0 Å².